The summed E-state index contributed by atoms with van der Waals surface area (Å²) < 4.78 is 0. The lowest BCUT2D eigenvalue weighted by Crippen LogP contribution is -2.64. The Balaban J connectivity index is 2.22. The van der Waals surface area contributed by atoms with Crippen molar-refractivity contribution in [2.45, 2.75) is 48.0 Å². The van der Waals surface area contributed by atoms with E-state index in [2.05, 4.69) is 54.2 Å². The highest BCUT2D eigenvalue weighted by atomic mass is 14.8. The Kier molecular flexibility index (Phi) is 2.30. The fourth-order valence-corrected chi connectivity index (χ4v) is 6.37. The number of allylic oxidation sites excluding steroid dienone is 2. The summed E-state index contributed by atoms with van der Waals surface area (Å²) in [4.78, 5) is 0. The van der Waals surface area contributed by atoms with Crippen LogP contribution in [0.3, 0.4) is 0 Å². The molecule has 1 nitrogen and oxygen atoms in total. The van der Waals surface area contributed by atoms with Crippen LogP contribution in [0.1, 0.15) is 48.0 Å². The lowest BCUT2D eigenvalue weighted by molar-refractivity contribution is -0.209. The van der Waals surface area contributed by atoms with Crippen LogP contribution in [-0.2, 0) is 0 Å². The fourth-order valence-electron chi connectivity index (χ4n) is 6.37. The molecule has 0 saturated heterocycles. The summed E-state index contributed by atoms with van der Waals surface area (Å²) in [6.45, 7) is 18.8. The minimum atomic E-state index is 0.276. The summed E-state index contributed by atoms with van der Waals surface area (Å²) in [5, 5.41) is 0. The molecule has 0 heterocycles. The molecule has 4 aliphatic carbocycles. The molecule has 0 radical (unpaired) electrons. The Bertz CT molecular complexity index is 486. The topological polar surface area (TPSA) is 26.0 Å². The van der Waals surface area contributed by atoms with Crippen molar-refractivity contribution in [3.05, 3.63) is 23.9 Å². The molecule has 19 heavy (non-hydrogen) atoms. The largest absolute Gasteiger partial charge is 0.399 e. The van der Waals surface area contributed by atoms with E-state index in [-0.39, 0.29) is 5.41 Å². The van der Waals surface area contributed by atoms with Crippen LogP contribution in [0.4, 0.5) is 0 Å². The molecule has 4 aliphatic rings. The number of hydrogen-bond donors (Lipinski definition) is 1. The van der Waals surface area contributed by atoms with E-state index in [1.54, 1.807) is 0 Å². The van der Waals surface area contributed by atoms with Crippen LogP contribution < -0.4 is 5.73 Å². The van der Waals surface area contributed by atoms with Crippen molar-refractivity contribution in [3.63, 3.8) is 0 Å². The Morgan fingerprint density at radius 1 is 1.26 bits per heavy atom. The standard InChI is InChI=1S/C18H29N/c1-10-14(12(3)19)8-13-9-15-11(2)17(13,6)18(15,7)16(10,4)5/h8,10-11,13,15H,3,9,19H2,1-2,4-7H3. The predicted molar refractivity (Wildman–Crippen MR) is 81.3 cm³/mol. The number of rotatable bonds is 1. The number of nitrogens with two attached hydrogens (primary N) is 1. The summed E-state index contributed by atoms with van der Waals surface area (Å²) in [6, 6.07) is 0. The molecule has 4 bridgehead atoms. The zero-order valence-corrected chi connectivity index (χ0v) is 13.4. The van der Waals surface area contributed by atoms with Crippen LogP contribution in [0.15, 0.2) is 23.9 Å². The molecule has 6 unspecified atom stereocenters. The SMILES string of the molecule is C=C(N)C1=CC2CC3C(C)C2(C)C3(C)C(C)(C)C1C. The van der Waals surface area contributed by atoms with E-state index in [4.69, 9.17) is 5.73 Å². The van der Waals surface area contributed by atoms with Gasteiger partial charge in [-0.2, -0.15) is 0 Å². The molecule has 0 aromatic carbocycles. The lowest BCUT2D eigenvalue weighted by atomic mass is 9.35. The number of hydrogen-bond acceptors (Lipinski definition) is 1. The van der Waals surface area contributed by atoms with Gasteiger partial charge in [-0.3, -0.25) is 0 Å². The maximum Gasteiger partial charge on any atom is 0.0273 e. The van der Waals surface area contributed by atoms with Crippen molar-refractivity contribution in [3.8, 4) is 0 Å². The molecule has 4 rings (SSSR count). The summed E-state index contributed by atoms with van der Waals surface area (Å²) >= 11 is 0. The molecule has 0 amide bonds. The quantitative estimate of drug-likeness (QED) is 0.744. The maximum absolute atomic E-state index is 6.10. The molecule has 2 N–H and O–H groups in total. The van der Waals surface area contributed by atoms with Gasteiger partial charge in [0.1, 0.15) is 0 Å². The van der Waals surface area contributed by atoms with Crippen molar-refractivity contribution in [1.29, 1.82) is 0 Å². The van der Waals surface area contributed by atoms with Crippen molar-refractivity contribution in [1.82, 2.24) is 0 Å². The van der Waals surface area contributed by atoms with Crippen molar-refractivity contribution in [2.24, 2.45) is 45.7 Å². The molecule has 3 fully saturated rings. The summed E-state index contributed by atoms with van der Waals surface area (Å²) in [5.74, 6) is 2.91. The van der Waals surface area contributed by atoms with Crippen molar-refractivity contribution >= 4 is 0 Å². The van der Waals surface area contributed by atoms with Gasteiger partial charge in [0, 0.05) is 5.70 Å². The summed E-state index contributed by atoms with van der Waals surface area (Å²) in [5.41, 5.74) is 9.34. The van der Waals surface area contributed by atoms with Crippen LogP contribution >= 0.6 is 0 Å². The molecular formula is C18H29N. The first kappa shape index (κ1) is 13.3. The van der Waals surface area contributed by atoms with E-state index in [1.165, 1.54) is 12.0 Å². The van der Waals surface area contributed by atoms with Gasteiger partial charge in [-0.15, -0.1) is 0 Å². The van der Waals surface area contributed by atoms with E-state index in [1.807, 2.05) is 0 Å². The Labute approximate surface area is 118 Å². The van der Waals surface area contributed by atoms with Gasteiger partial charge in [-0.05, 0) is 51.9 Å². The zero-order chi connectivity index (χ0) is 14.4. The minimum Gasteiger partial charge on any atom is -0.399 e. The van der Waals surface area contributed by atoms with Crippen LogP contribution in [0.25, 0.3) is 0 Å². The Morgan fingerprint density at radius 3 is 2.37 bits per heavy atom. The highest BCUT2D eigenvalue weighted by Gasteiger charge is 2.77. The van der Waals surface area contributed by atoms with Gasteiger partial charge < -0.3 is 5.73 Å². The van der Waals surface area contributed by atoms with Crippen LogP contribution in [-0.4, -0.2) is 0 Å². The second-order valence-corrected chi connectivity index (χ2v) is 8.31. The normalized spacial score (nSPS) is 54.1. The van der Waals surface area contributed by atoms with E-state index in [0.29, 0.717) is 22.7 Å². The minimum absolute atomic E-state index is 0.276. The summed E-state index contributed by atoms with van der Waals surface area (Å²) in [7, 11) is 0. The molecule has 0 aromatic heterocycles. The molecule has 3 saturated carbocycles. The average Bonchev–Trinajstić information content (AvgIpc) is 2.71. The van der Waals surface area contributed by atoms with Crippen LogP contribution in [0, 0.1) is 39.9 Å². The molecule has 0 aliphatic heterocycles. The van der Waals surface area contributed by atoms with E-state index < -0.39 is 0 Å². The monoisotopic (exact) mass is 259 g/mol. The van der Waals surface area contributed by atoms with Gasteiger partial charge in [0.2, 0.25) is 0 Å². The van der Waals surface area contributed by atoms with Crippen LogP contribution in [0.5, 0.6) is 0 Å². The third-order valence-corrected chi connectivity index (χ3v) is 8.33. The first-order valence-electron chi connectivity index (χ1n) is 7.76. The maximum atomic E-state index is 6.10. The molecule has 0 spiro atoms. The first-order chi connectivity index (χ1) is 8.60. The second kappa shape index (κ2) is 3.30. The molecule has 0 aromatic rings. The third kappa shape index (κ3) is 1.07. The molecule has 106 valence electrons. The molecule has 6 atom stereocenters. The highest BCUT2D eigenvalue weighted by Crippen LogP contribution is 2.83. The van der Waals surface area contributed by atoms with E-state index >= 15 is 0 Å². The van der Waals surface area contributed by atoms with Gasteiger partial charge in [0.05, 0.1) is 0 Å². The fraction of sp³-hybridized carbons (Fsp3) is 0.778. The van der Waals surface area contributed by atoms with Gasteiger partial charge in [0.15, 0.2) is 0 Å². The van der Waals surface area contributed by atoms with Gasteiger partial charge in [-0.25, -0.2) is 0 Å². The Hall–Kier alpha value is -0.720. The zero-order valence-electron chi connectivity index (χ0n) is 13.4. The predicted octanol–water partition coefficient (Wildman–Crippen LogP) is 4.36. The first-order valence-corrected chi connectivity index (χ1v) is 7.76. The Morgan fingerprint density at radius 2 is 1.84 bits per heavy atom. The lowest BCUT2D eigenvalue weighted by Gasteiger charge is -2.68. The van der Waals surface area contributed by atoms with E-state index in [9.17, 15) is 0 Å². The van der Waals surface area contributed by atoms with Crippen LogP contribution in [0.2, 0.25) is 0 Å². The second-order valence-electron chi connectivity index (χ2n) is 8.31. The average molecular weight is 259 g/mol. The smallest absolute Gasteiger partial charge is 0.0273 e. The molecule has 1 heteroatoms. The van der Waals surface area contributed by atoms with Crippen molar-refractivity contribution < 1.29 is 0 Å². The van der Waals surface area contributed by atoms with Gasteiger partial charge in [-0.1, -0.05) is 54.2 Å². The van der Waals surface area contributed by atoms with E-state index in [0.717, 1.165) is 17.5 Å². The van der Waals surface area contributed by atoms with Gasteiger partial charge >= 0.3 is 0 Å². The summed E-state index contributed by atoms with van der Waals surface area (Å²) in [6.07, 6.45) is 3.84. The van der Waals surface area contributed by atoms with Crippen molar-refractivity contribution in [2.75, 3.05) is 0 Å². The highest BCUT2D eigenvalue weighted by molar-refractivity contribution is 5.39. The van der Waals surface area contributed by atoms with Gasteiger partial charge in [0.25, 0.3) is 0 Å². The molecular weight excluding hydrogens is 230 g/mol. The third-order valence-electron chi connectivity index (χ3n) is 8.33.